The number of rotatable bonds is 2. The fourth-order valence-electron chi connectivity index (χ4n) is 1.79. The second kappa shape index (κ2) is 4.59. The second-order valence-corrected chi connectivity index (χ2v) is 4.45. The molecule has 3 nitrogen and oxygen atoms in total. The zero-order chi connectivity index (χ0) is 13.2. The van der Waals surface area contributed by atoms with Crippen LogP contribution in [0.1, 0.15) is 29.3 Å². The summed E-state index contributed by atoms with van der Waals surface area (Å²) in [5.41, 5.74) is 1.87. The summed E-state index contributed by atoms with van der Waals surface area (Å²) in [5.74, 6) is 0. The van der Waals surface area contributed by atoms with Gasteiger partial charge >= 0.3 is 0 Å². The lowest BCUT2D eigenvalue weighted by Gasteiger charge is -2.24. The Morgan fingerprint density at radius 1 is 1.11 bits per heavy atom. The van der Waals surface area contributed by atoms with Crippen LogP contribution in [0.5, 0.6) is 0 Å². The zero-order valence-corrected chi connectivity index (χ0v) is 10.4. The number of hydrogen-bond donors (Lipinski definition) is 1. The normalized spacial score (nSPS) is 13.7. The van der Waals surface area contributed by atoms with Gasteiger partial charge in [0, 0.05) is 17.5 Å². The van der Waals surface area contributed by atoms with Crippen LogP contribution < -0.4 is 0 Å². The van der Waals surface area contributed by atoms with Crippen molar-refractivity contribution >= 4 is 0 Å². The van der Waals surface area contributed by atoms with Gasteiger partial charge in [-0.05, 0) is 37.6 Å². The van der Waals surface area contributed by atoms with E-state index in [-0.39, 0.29) is 0 Å². The van der Waals surface area contributed by atoms with E-state index in [1.165, 1.54) is 0 Å². The summed E-state index contributed by atoms with van der Waals surface area (Å²) in [4.78, 5) is 4.19. The van der Waals surface area contributed by atoms with Crippen molar-refractivity contribution in [3.63, 3.8) is 0 Å². The lowest BCUT2D eigenvalue weighted by Crippen LogP contribution is -2.22. The first-order valence-corrected chi connectivity index (χ1v) is 5.70. The summed E-state index contributed by atoms with van der Waals surface area (Å²) in [7, 11) is 0. The fraction of sp³-hybridized carbons (Fsp3) is 0.200. The third kappa shape index (κ3) is 2.24. The number of aryl methyl sites for hydroxylation is 1. The van der Waals surface area contributed by atoms with Gasteiger partial charge in [0.2, 0.25) is 0 Å². The third-order valence-electron chi connectivity index (χ3n) is 3.05. The quantitative estimate of drug-likeness (QED) is 0.874. The Kier molecular flexibility index (Phi) is 3.14. The standard InChI is InChI=1S/C15H14N2O/c1-11-3-6-14(10-17-11)15(2,18)13-7-4-12(9-16)5-8-13/h3-8,10,18H,1-2H3. The van der Waals surface area contributed by atoms with E-state index in [9.17, 15) is 5.11 Å². The molecular formula is C15H14N2O. The van der Waals surface area contributed by atoms with Gasteiger partial charge in [-0.1, -0.05) is 18.2 Å². The Morgan fingerprint density at radius 3 is 2.22 bits per heavy atom. The van der Waals surface area contributed by atoms with Crippen molar-refractivity contribution in [1.29, 1.82) is 5.26 Å². The van der Waals surface area contributed by atoms with Crippen LogP contribution in [0.4, 0.5) is 0 Å². The Bertz CT molecular complexity index is 577. The minimum Gasteiger partial charge on any atom is -0.381 e. The molecule has 0 aliphatic rings. The number of benzene rings is 1. The molecule has 2 rings (SSSR count). The molecular weight excluding hydrogens is 224 g/mol. The molecule has 0 saturated carbocycles. The van der Waals surface area contributed by atoms with Gasteiger partial charge in [-0.15, -0.1) is 0 Å². The molecule has 1 unspecified atom stereocenters. The molecule has 0 spiro atoms. The average Bonchev–Trinajstić information content (AvgIpc) is 2.39. The van der Waals surface area contributed by atoms with Crippen molar-refractivity contribution in [2.75, 3.05) is 0 Å². The van der Waals surface area contributed by atoms with E-state index in [0.29, 0.717) is 5.56 Å². The molecule has 0 aliphatic heterocycles. The maximum absolute atomic E-state index is 10.6. The van der Waals surface area contributed by atoms with Crippen LogP contribution in [-0.4, -0.2) is 10.1 Å². The second-order valence-electron chi connectivity index (χ2n) is 4.45. The highest BCUT2D eigenvalue weighted by molar-refractivity contribution is 5.38. The van der Waals surface area contributed by atoms with Gasteiger partial charge in [-0.25, -0.2) is 0 Å². The predicted octanol–water partition coefficient (Wildman–Crippen LogP) is 2.52. The Balaban J connectivity index is 2.40. The van der Waals surface area contributed by atoms with Gasteiger partial charge in [0.25, 0.3) is 0 Å². The molecule has 2 aromatic rings. The van der Waals surface area contributed by atoms with E-state index in [0.717, 1.165) is 16.8 Å². The molecule has 18 heavy (non-hydrogen) atoms. The number of aliphatic hydroxyl groups is 1. The first kappa shape index (κ1) is 12.3. The summed E-state index contributed by atoms with van der Waals surface area (Å²) < 4.78 is 0. The largest absolute Gasteiger partial charge is 0.381 e. The number of pyridine rings is 1. The number of nitrogens with zero attached hydrogens (tertiary/aromatic N) is 2. The van der Waals surface area contributed by atoms with Crippen LogP contribution in [0.3, 0.4) is 0 Å². The summed E-state index contributed by atoms with van der Waals surface area (Å²) in [6.07, 6.45) is 1.67. The molecule has 0 fully saturated rings. The molecule has 90 valence electrons. The number of aromatic nitrogens is 1. The Morgan fingerprint density at radius 2 is 1.72 bits per heavy atom. The summed E-state index contributed by atoms with van der Waals surface area (Å²) in [5, 5.41) is 19.3. The molecule has 1 heterocycles. The maximum atomic E-state index is 10.6. The molecule has 0 amide bonds. The van der Waals surface area contributed by atoms with Crippen LogP contribution in [0.15, 0.2) is 42.6 Å². The van der Waals surface area contributed by atoms with E-state index in [2.05, 4.69) is 11.1 Å². The number of hydrogen-bond acceptors (Lipinski definition) is 3. The van der Waals surface area contributed by atoms with Crippen LogP contribution >= 0.6 is 0 Å². The molecule has 3 heteroatoms. The average molecular weight is 238 g/mol. The number of nitriles is 1. The summed E-state index contributed by atoms with van der Waals surface area (Å²) in [6.45, 7) is 3.63. The zero-order valence-electron chi connectivity index (χ0n) is 10.4. The summed E-state index contributed by atoms with van der Waals surface area (Å²) in [6, 6.07) is 12.7. The Hall–Kier alpha value is -2.18. The highest BCUT2D eigenvalue weighted by atomic mass is 16.3. The van der Waals surface area contributed by atoms with Gasteiger partial charge < -0.3 is 5.11 Å². The van der Waals surface area contributed by atoms with Crippen LogP contribution in [0.25, 0.3) is 0 Å². The molecule has 1 aromatic carbocycles. The Labute approximate surface area is 106 Å². The van der Waals surface area contributed by atoms with Crippen LogP contribution in [0.2, 0.25) is 0 Å². The van der Waals surface area contributed by atoms with Crippen molar-refractivity contribution in [1.82, 2.24) is 4.98 Å². The molecule has 1 aromatic heterocycles. The first-order chi connectivity index (χ1) is 8.54. The maximum Gasteiger partial charge on any atom is 0.113 e. The van der Waals surface area contributed by atoms with Crippen molar-refractivity contribution in [3.8, 4) is 6.07 Å². The van der Waals surface area contributed by atoms with Gasteiger partial charge in [0.1, 0.15) is 5.60 Å². The van der Waals surface area contributed by atoms with Gasteiger partial charge in [0.05, 0.1) is 11.6 Å². The van der Waals surface area contributed by atoms with Crippen molar-refractivity contribution in [3.05, 3.63) is 65.0 Å². The van der Waals surface area contributed by atoms with Crippen LogP contribution in [-0.2, 0) is 5.60 Å². The van der Waals surface area contributed by atoms with E-state index in [1.807, 2.05) is 19.1 Å². The third-order valence-corrected chi connectivity index (χ3v) is 3.05. The minimum absolute atomic E-state index is 0.580. The first-order valence-electron chi connectivity index (χ1n) is 5.70. The predicted molar refractivity (Wildman–Crippen MR) is 68.8 cm³/mol. The lowest BCUT2D eigenvalue weighted by atomic mass is 9.89. The SMILES string of the molecule is Cc1ccc(C(C)(O)c2ccc(C#N)cc2)cn1. The van der Waals surface area contributed by atoms with E-state index in [4.69, 9.17) is 5.26 Å². The highest BCUT2D eigenvalue weighted by Crippen LogP contribution is 2.28. The molecule has 1 atom stereocenters. The monoisotopic (exact) mass is 238 g/mol. The fourth-order valence-corrected chi connectivity index (χ4v) is 1.79. The molecule has 0 bridgehead atoms. The highest BCUT2D eigenvalue weighted by Gasteiger charge is 2.25. The van der Waals surface area contributed by atoms with Gasteiger partial charge in [-0.2, -0.15) is 5.26 Å². The smallest absolute Gasteiger partial charge is 0.113 e. The van der Waals surface area contributed by atoms with Gasteiger partial charge in [-0.3, -0.25) is 4.98 Å². The summed E-state index contributed by atoms with van der Waals surface area (Å²) >= 11 is 0. The topological polar surface area (TPSA) is 56.9 Å². The van der Waals surface area contributed by atoms with E-state index in [1.54, 1.807) is 37.4 Å². The van der Waals surface area contributed by atoms with Crippen molar-refractivity contribution in [2.24, 2.45) is 0 Å². The lowest BCUT2D eigenvalue weighted by molar-refractivity contribution is 0.102. The minimum atomic E-state index is -1.10. The van der Waals surface area contributed by atoms with Crippen LogP contribution in [0, 0.1) is 18.3 Å². The van der Waals surface area contributed by atoms with E-state index >= 15 is 0 Å². The van der Waals surface area contributed by atoms with Gasteiger partial charge in [0.15, 0.2) is 0 Å². The van der Waals surface area contributed by atoms with Crippen molar-refractivity contribution in [2.45, 2.75) is 19.4 Å². The van der Waals surface area contributed by atoms with E-state index < -0.39 is 5.60 Å². The molecule has 0 radical (unpaired) electrons. The molecule has 0 aliphatic carbocycles. The van der Waals surface area contributed by atoms with Crippen molar-refractivity contribution < 1.29 is 5.11 Å². The molecule has 1 N–H and O–H groups in total. The molecule has 0 saturated heterocycles.